The van der Waals surface area contributed by atoms with Gasteiger partial charge in [-0.3, -0.25) is 9.78 Å². The molecule has 0 saturated carbocycles. The van der Waals surface area contributed by atoms with Gasteiger partial charge in [-0.15, -0.1) is 0 Å². The molecular formula is C17H19ClN2O. The highest BCUT2D eigenvalue weighted by Crippen LogP contribution is 2.23. The number of amides is 1. The summed E-state index contributed by atoms with van der Waals surface area (Å²) in [5.41, 5.74) is 2.02. The maximum absolute atomic E-state index is 11.8. The number of pyridine rings is 1. The molecule has 2 aromatic rings. The van der Waals surface area contributed by atoms with Crippen molar-refractivity contribution >= 4 is 17.5 Å². The van der Waals surface area contributed by atoms with Crippen LogP contribution in [0.3, 0.4) is 0 Å². The van der Waals surface area contributed by atoms with Crippen molar-refractivity contribution < 1.29 is 4.79 Å². The van der Waals surface area contributed by atoms with Crippen LogP contribution in [0.2, 0.25) is 5.02 Å². The van der Waals surface area contributed by atoms with Crippen LogP contribution in [0.4, 0.5) is 0 Å². The minimum absolute atomic E-state index is 0.0196. The smallest absolute Gasteiger partial charge is 0.222 e. The minimum atomic E-state index is -0.0281. The molecular weight excluding hydrogens is 284 g/mol. The third kappa shape index (κ3) is 4.30. The first kappa shape index (κ1) is 15.5. The lowest BCUT2D eigenvalue weighted by atomic mass is 9.95. The second-order valence-corrected chi connectivity index (χ2v) is 5.70. The number of nitrogens with zero attached hydrogens (tertiary/aromatic N) is 1. The number of benzene rings is 1. The Hall–Kier alpha value is -1.87. The number of aromatic nitrogens is 1. The Balaban J connectivity index is 2.23. The molecule has 1 atom stereocenters. The molecule has 1 amide bonds. The van der Waals surface area contributed by atoms with E-state index in [-0.39, 0.29) is 17.7 Å². The number of carbonyl (C=O) groups excluding carboxylic acids is 1. The molecule has 0 fully saturated rings. The topological polar surface area (TPSA) is 42.0 Å². The summed E-state index contributed by atoms with van der Waals surface area (Å²) in [6, 6.07) is 13.5. The van der Waals surface area contributed by atoms with Crippen molar-refractivity contribution in [3.8, 4) is 0 Å². The maximum atomic E-state index is 11.8. The summed E-state index contributed by atoms with van der Waals surface area (Å²) in [5.74, 6) is 0.0376. The number of halogens is 1. The quantitative estimate of drug-likeness (QED) is 0.916. The van der Waals surface area contributed by atoms with Crippen LogP contribution in [0, 0.1) is 5.92 Å². The Bertz CT molecular complexity index is 581. The van der Waals surface area contributed by atoms with Gasteiger partial charge in [-0.25, -0.2) is 0 Å². The summed E-state index contributed by atoms with van der Waals surface area (Å²) in [7, 11) is 0. The zero-order valence-corrected chi connectivity index (χ0v) is 13.0. The molecule has 110 valence electrons. The molecule has 1 aromatic carbocycles. The lowest BCUT2D eigenvalue weighted by Gasteiger charge is -2.18. The van der Waals surface area contributed by atoms with Crippen molar-refractivity contribution in [1.29, 1.82) is 0 Å². The molecule has 0 bridgehead atoms. The van der Waals surface area contributed by atoms with E-state index in [1.807, 2.05) is 56.3 Å². The molecule has 3 nitrogen and oxygen atoms in total. The van der Waals surface area contributed by atoms with E-state index < -0.39 is 0 Å². The van der Waals surface area contributed by atoms with Crippen LogP contribution in [-0.2, 0) is 4.79 Å². The predicted octanol–water partition coefficient (Wildman–Crippen LogP) is 3.64. The van der Waals surface area contributed by atoms with E-state index in [1.54, 1.807) is 6.20 Å². The van der Waals surface area contributed by atoms with Crippen molar-refractivity contribution in [2.45, 2.75) is 19.8 Å². The second kappa shape index (κ2) is 7.23. The molecule has 0 saturated heterocycles. The lowest BCUT2D eigenvalue weighted by molar-refractivity contribution is -0.124. The Kier molecular flexibility index (Phi) is 5.34. The molecule has 0 radical (unpaired) electrons. The molecule has 0 aliphatic carbocycles. The Labute approximate surface area is 130 Å². The molecule has 1 aromatic heterocycles. The number of nitrogens with one attached hydrogen (secondary N) is 1. The fourth-order valence-corrected chi connectivity index (χ4v) is 2.20. The molecule has 1 unspecified atom stereocenters. The summed E-state index contributed by atoms with van der Waals surface area (Å²) >= 11 is 5.95. The van der Waals surface area contributed by atoms with Gasteiger partial charge in [0, 0.05) is 35.3 Å². The minimum Gasteiger partial charge on any atom is -0.355 e. The normalized spacial score (nSPS) is 12.2. The first-order chi connectivity index (χ1) is 10.1. The van der Waals surface area contributed by atoms with E-state index in [2.05, 4.69) is 10.3 Å². The van der Waals surface area contributed by atoms with Gasteiger partial charge in [0.1, 0.15) is 0 Å². The highest BCUT2D eigenvalue weighted by molar-refractivity contribution is 6.30. The average molecular weight is 303 g/mol. The van der Waals surface area contributed by atoms with E-state index in [9.17, 15) is 4.79 Å². The van der Waals surface area contributed by atoms with E-state index in [0.717, 1.165) is 11.3 Å². The summed E-state index contributed by atoms with van der Waals surface area (Å²) < 4.78 is 0. The first-order valence-corrected chi connectivity index (χ1v) is 7.40. The number of carbonyl (C=O) groups is 1. The largest absolute Gasteiger partial charge is 0.355 e. The fourth-order valence-electron chi connectivity index (χ4n) is 2.08. The van der Waals surface area contributed by atoms with Crippen LogP contribution < -0.4 is 5.32 Å². The molecule has 1 N–H and O–H groups in total. The molecule has 2 rings (SSSR count). The van der Waals surface area contributed by atoms with Crippen LogP contribution in [0.5, 0.6) is 0 Å². The van der Waals surface area contributed by atoms with Gasteiger partial charge < -0.3 is 5.32 Å². The average Bonchev–Trinajstić information content (AvgIpc) is 2.50. The van der Waals surface area contributed by atoms with Gasteiger partial charge in [0.25, 0.3) is 0 Å². The third-order valence-corrected chi connectivity index (χ3v) is 3.57. The fraction of sp³-hybridized carbons (Fsp3) is 0.294. The second-order valence-electron chi connectivity index (χ2n) is 5.26. The summed E-state index contributed by atoms with van der Waals surface area (Å²) in [5, 5.41) is 3.68. The molecule has 1 heterocycles. The maximum Gasteiger partial charge on any atom is 0.222 e. The van der Waals surface area contributed by atoms with Gasteiger partial charge in [0.15, 0.2) is 0 Å². The van der Waals surface area contributed by atoms with Gasteiger partial charge in [-0.1, -0.05) is 43.6 Å². The van der Waals surface area contributed by atoms with E-state index >= 15 is 0 Å². The highest BCUT2D eigenvalue weighted by atomic mass is 35.5. The standard InChI is InChI=1S/C17H19ClN2O/c1-12(2)17(21)20-11-15(16-5-3-4-10-19-16)13-6-8-14(18)9-7-13/h3-10,12,15H,11H2,1-2H3,(H,20,21). The van der Waals surface area contributed by atoms with Crippen LogP contribution in [0.25, 0.3) is 0 Å². The van der Waals surface area contributed by atoms with Crippen LogP contribution in [0.1, 0.15) is 31.0 Å². The first-order valence-electron chi connectivity index (χ1n) is 7.02. The van der Waals surface area contributed by atoms with Crippen molar-refractivity contribution in [2.75, 3.05) is 6.54 Å². The predicted molar refractivity (Wildman–Crippen MR) is 85.4 cm³/mol. The van der Waals surface area contributed by atoms with Crippen LogP contribution >= 0.6 is 11.6 Å². The summed E-state index contributed by atoms with van der Waals surface area (Å²) in [6.45, 7) is 4.29. The van der Waals surface area contributed by atoms with Crippen molar-refractivity contribution in [2.24, 2.45) is 5.92 Å². The monoisotopic (exact) mass is 302 g/mol. The van der Waals surface area contributed by atoms with Gasteiger partial charge in [-0.05, 0) is 29.8 Å². The number of hydrogen-bond acceptors (Lipinski definition) is 2. The van der Waals surface area contributed by atoms with Crippen LogP contribution in [0.15, 0.2) is 48.7 Å². The van der Waals surface area contributed by atoms with Crippen molar-refractivity contribution in [1.82, 2.24) is 10.3 Å². The van der Waals surface area contributed by atoms with Crippen LogP contribution in [-0.4, -0.2) is 17.4 Å². The van der Waals surface area contributed by atoms with Gasteiger partial charge in [-0.2, -0.15) is 0 Å². The van der Waals surface area contributed by atoms with E-state index in [1.165, 1.54) is 0 Å². The lowest BCUT2D eigenvalue weighted by Crippen LogP contribution is -2.32. The molecule has 21 heavy (non-hydrogen) atoms. The van der Waals surface area contributed by atoms with Gasteiger partial charge in [0.05, 0.1) is 0 Å². The summed E-state index contributed by atoms with van der Waals surface area (Å²) in [6.07, 6.45) is 1.77. The third-order valence-electron chi connectivity index (χ3n) is 3.32. The number of rotatable bonds is 5. The number of hydrogen-bond donors (Lipinski definition) is 1. The van der Waals surface area contributed by atoms with E-state index in [4.69, 9.17) is 11.6 Å². The molecule has 4 heteroatoms. The van der Waals surface area contributed by atoms with Gasteiger partial charge in [0.2, 0.25) is 5.91 Å². The Morgan fingerprint density at radius 2 is 1.90 bits per heavy atom. The van der Waals surface area contributed by atoms with Crippen molar-refractivity contribution in [3.05, 3.63) is 64.9 Å². The zero-order valence-electron chi connectivity index (χ0n) is 12.2. The van der Waals surface area contributed by atoms with E-state index in [0.29, 0.717) is 11.6 Å². The zero-order chi connectivity index (χ0) is 15.2. The summed E-state index contributed by atoms with van der Waals surface area (Å²) in [4.78, 5) is 16.2. The SMILES string of the molecule is CC(C)C(=O)NCC(c1ccc(Cl)cc1)c1ccccn1. The molecule has 0 spiro atoms. The van der Waals surface area contributed by atoms with Gasteiger partial charge >= 0.3 is 0 Å². The Morgan fingerprint density at radius 3 is 2.48 bits per heavy atom. The molecule has 0 aliphatic rings. The highest BCUT2D eigenvalue weighted by Gasteiger charge is 2.17. The van der Waals surface area contributed by atoms with Crippen molar-refractivity contribution in [3.63, 3.8) is 0 Å². The Morgan fingerprint density at radius 1 is 1.19 bits per heavy atom. The molecule has 0 aliphatic heterocycles.